The van der Waals surface area contributed by atoms with Crippen molar-refractivity contribution in [1.29, 1.82) is 0 Å². The Morgan fingerprint density at radius 3 is 1.90 bits per heavy atom. The minimum absolute atomic E-state index is 0.222. The summed E-state index contributed by atoms with van der Waals surface area (Å²) in [5.41, 5.74) is 0. The molecule has 0 aromatic rings. The maximum atomic E-state index is 5.31. The third-order valence-electron chi connectivity index (χ3n) is 2.07. The van der Waals surface area contributed by atoms with E-state index in [-0.39, 0.29) is 6.04 Å². The molecule has 1 N–H and O–H groups in total. The van der Waals surface area contributed by atoms with E-state index in [1.807, 2.05) is 7.05 Å². The molecular weight excluding hydrogens is 122 g/mol. The summed E-state index contributed by atoms with van der Waals surface area (Å²) in [5, 5.41) is 3.10. The summed E-state index contributed by atoms with van der Waals surface area (Å²) in [6.45, 7) is 6.55. The number of hydrogen-bond donors (Lipinski definition) is 1. The van der Waals surface area contributed by atoms with E-state index in [9.17, 15) is 0 Å². The average Bonchev–Trinajstić information content (AvgIpc) is 1.90. The van der Waals surface area contributed by atoms with Gasteiger partial charge < -0.3 is 5.32 Å². The second-order valence-corrected chi connectivity index (χ2v) is 3.04. The second-order valence-electron chi connectivity index (χ2n) is 3.04. The van der Waals surface area contributed by atoms with Gasteiger partial charge >= 0.3 is 0 Å². The number of nitrogens with one attached hydrogen (secondary N) is 1. The molecule has 0 aromatic carbocycles. The molecule has 1 heteroatoms. The Bertz CT molecular complexity index is 121. The average molecular weight is 139 g/mol. The summed E-state index contributed by atoms with van der Waals surface area (Å²) >= 11 is 0. The van der Waals surface area contributed by atoms with Crippen LogP contribution in [0.25, 0.3) is 0 Å². The van der Waals surface area contributed by atoms with E-state index in [1.54, 1.807) is 0 Å². The molecule has 0 saturated heterocycles. The SMILES string of the molecule is C#CC(NC)C(C)C(C)C. The summed E-state index contributed by atoms with van der Waals surface area (Å²) < 4.78 is 0. The highest BCUT2D eigenvalue weighted by atomic mass is 14.9. The van der Waals surface area contributed by atoms with Crippen LogP contribution in [0, 0.1) is 24.2 Å². The van der Waals surface area contributed by atoms with Gasteiger partial charge in [-0.3, -0.25) is 0 Å². The maximum absolute atomic E-state index is 5.31. The summed E-state index contributed by atoms with van der Waals surface area (Å²) in [6.07, 6.45) is 5.31. The van der Waals surface area contributed by atoms with E-state index in [1.165, 1.54) is 0 Å². The standard InChI is InChI=1S/C9H17N/c1-6-9(10-5)8(4)7(2)3/h1,7-10H,2-5H3. The van der Waals surface area contributed by atoms with Crippen LogP contribution in [0.1, 0.15) is 20.8 Å². The zero-order valence-corrected chi connectivity index (χ0v) is 7.31. The van der Waals surface area contributed by atoms with Crippen molar-refractivity contribution >= 4 is 0 Å². The Balaban J connectivity index is 3.92. The first-order valence-corrected chi connectivity index (χ1v) is 3.76. The fraction of sp³-hybridized carbons (Fsp3) is 0.778. The molecule has 0 aliphatic heterocycles. The number of terminal acetylenes is 1. The molecule has 0 fully saturated rings. The molecule has 58 valence electrons. The molecular formula is C9H17N. The van der Waals surface area contributed by atoms with E-state index >= 15 is 0 Å². The highest BCUT2D eigenvalue weighted by molar-refractivity contribution is 5.01. The van der Waals surface area contributed by atoms with Crippen LogP contribution in [-0.4, -0.2) is 13.1 Å². The van der Waals surface area contributed by atoms with E-state index in [0.717, 1.165) is 0 Å². The first kappa shape index (κ1) is 9.52. The molecule has 0 rings (SSSR count). The molecule has 0 heterocycles. The largest absolute Gasteiger partial charge is 0.307 e. The summed E-state index contributed by atoms with van der Waals surface area (Å²) in [5.74, 6) is 3.92. The quantitative estimate of drug-likeness (QED) is 0.584. The van der Waals surface area contributed by atoms with E-state index < -0.39 is 0 Å². The van der Waals surface area contributed by atoms with Crippen molar-refractivity contribution in [3.8, 4) is 12.3 Å². The van der Waals surface area contributed by atoms with Gasteiger partial charge in [0.05, 0.1) is 6.04 Å². The lowest BCUT2D eigenvalue weighted by Crippen LogP contribution is -2.33. The van der Waals surface area contributed by atoms with Crippen molar-refractivity contribution in [3.63, 3.8) is 0 Å². The zero-order chi connectivity index (χ0) is 8.15. The van der Waals surface area contributed by atoms with Gasteiger partial charge in [0, 0.05) is 0 Å². The lowest BCUT2D eigenvalue weighted by molar-refractivity contribution is 0.360. The molecule has 0 saturated carbocycles. The van der Waals surface area contributed by atoms with Crippen molar-refractivity contribution in [2.24, 2.45) is 11.8 Å². The molecule has 0 aromatic heterocycles. The van der Waals surface area contributed by atoms with E-state index in [0.29, 0.717) is 11.8 Å². The van der Waals surface area contributed by atoms with Crippen LogP contribution in [0.2, 0.25) is 0 Å². The minimum Gasteiger partial charge on any atom is -0.307 e. The topological polar surface area (TPSA) is 12.0 Å². The van der Waals surface area contributed by atoms with Crippen LogP contribution in [0.4, 0.5) is 0 Å². The lowest BCUT2D eigenvalue weighted by Gasteiger charge is -2.21. The number of rotatable bonds is 3. The first-order chi connectivity index (χ1) is 4.63. The van der Waals surface area contributed by atoms with E-state index in [4.69, 9.17) is 6.42 Å². The van der Waals surface area contributed by atoms with Crippen LogP contribution in [0.3, 0.4) is 0 Å². The molecule has 2 atom stereocenters. The summed E-state index contributed by atoms with van der Waals surface area (Å²) in [4.78, 5) is 0. The summed E-state index contributed by atoms with van der Waals surface area (Å²) in [7, 11) is 1.91. The summed E-state index contributed by atoms with van der Waals surface area (Å²) in [6, 6.07) is 0.222. The van der Waals surface area contributed by atoms with Crippen LogP contribution in [-0.2, 0) is 0 Å². The van der Waals surface area contributed by atoms with Crippen molar-refractivity contribution < 1.29 is 0 Å². The molecule has 0 spiro atoms. The van der Waals surface area contributed by atoms with Gasteiger partial charge in [-0.25, -0.2) is 0 Å². The third-order valence-corrected chi connectivity index (χ3v) is 2.07. The molecule has 0 aliphatic carbocycles. The van der Waals surface area contributed by atoms with Crippen LogP contribution >= 0.6 is 0 Å². The molecule has 0 amide bonds. The van der Waals surface area contributed by atoms with Crippen molar-refractivity contribution in [2.75, 3.05) is 7.05 Å². The minimum atomic E-state index is 0.222. The predicted molar refractivity (Wildman–Crippen MR) is 45.7 cm³/mol. The smallest absolute Gasteiger partial charge is 0.0712 e. The van der Waals surface area contributed by atoms with Gasteiger partial charge in [-0.05, 0) is 18.9 Å². The Hall–Kier alpha value is -0.480. The van der Waals surface area contributed by atoms with Gasteiger partial charge in [-0.1, -0.05) is 26.7 Å². The second kappa shape index (κ2) is 4.35. The molecule has 0 bridgehead atoms. The van der Waals surface area contributed by atoms with Gasteiger partial charge in [0.15, 0.2) is 0 Å². The van der Waals surface area contributed by atoms with Gasteiger partial charge in [0.25, 0.3) is 0 Å². The molecule has 0 aliphatic rings. The van der Waals surface area contributed by atoms with Crippen molar-refractivity contribution in [2.45, 2.75) is 26.8 Å². The number of hydrogen-bond acceptors (Lipinski definition) is 1. The van der Waals surface area contributed by atoms with Gasteiger partial charge in [0.1, 0.15) is 0 Å². The van der Waals surface area contributed by atoms with Crippen LogP contribution in [0.5, 0.6) is 0 Å². The normalized spacial score (nSPS) is 16.4. The van der Waals surface area contributed by atoms with Crippen molar-refractivity contribution in [3.05, 3.63) is 0 Å². The Kier molecular flexibility index (Phi) is 4.14. The monoisotopic (exact) mass is 139 g/mol. The van der Waals surface area contributed by atoms with Gasteiger partial charge in [-0.15, -0.1) is 6.42 Å². The lowest BCUT2D eigenvalue weighted by atomic mass is 9.91. The fourth-order valence-electron chi connectivity index (χ4n) is 0.883. The highest BCUT2D eigenvalue weighted by Gasteiger charge is 2.15. The first-order valence-electron chi connectivity index (χ1n) is 3.76. The zero-order valence-electron chi connectivity index (χ0n) is 7.31. The van der Waals surface area contributed by atoms with Gasteiger partial charge in [0.2, 0.25) is 0 Å². The predicted octanol–water partition coefficient (Wildman–Crippen LogP) is 1.50. The maximum Gasteiger partial charge on any atom is 0.0712 e. The highest BCUT2D eigenvalue weighted by Crippen LogP contribution is 2.13. The Labute approximate surface area is 64.2 Å². The molecule has 1 nitrogen and oxygen atoms in total. The molecule has 10 heavy (non-hydrogen) atoms. The van der Waals surface area contributed by atoms with Crippen LogP contribution < -0.4 is 5.32 Å². The van der Waals surface area contributed by atoms with E-state index in [2.05, 4.69) is 32.0 Å². The fourth-order valence-corrected chi connectivity index (χ4v) is 0.883. The molecule has 2 unspecified atom stereocenters. The Morgan fingerprint density at radius 1 is 1.30 bits per heavy atom. The van der Waals surface area contributed by atoms with Crippen molar-refractivity contribution in [1.82, 2.24) is 5.32 Å². The molecule has 0 radical (unpaired) electrons. The third kappa shape index (κ3) is 2.41. The van der Waals surface area contributed by atoms with Crippen LogP contribution in [0.15, 0.2) is 0 Å². The Morgan fingerprint density at radius 2 is 1.80 bits per heavy atom. The van der Waals surface area contributed by atoms with Gasteiger partial charge in [-0.2, -0.15) is 0 Å².